The number of rotatable bonds is 6. The standard InChI is InChI=1S/C14H16F4O/c1-2-3-4-5-9-12(19)10-7-6-8-11(13(10)15)14(16,17)18/h6-8H,2-5,9H2,1H3. The molecule has 0 aliphatic heterocycles. The van der Waals surface area contributed by atoms with Gasteiger partial charge in [-0.05, 0) is 18.6 Å². The highest BCUT2D eigenvalue weighted by Crippen LogP contribution is 2.32. The Morgan fingerprint density at radius 2 is 1.84 bits per heavy atom. The van der Waals surface area contributed by atoms with Crippen LogP contribution in [-0.4, -0.2) is 5.78 Å². The maximum Gasteiger partial charge on any atom is 0.419 e. The van der Waals surface area contributed by atoms with Crippen LogP contribution in [0.3, 0.4) is 0 Å². The van der Waals surface area contributed by atoms with Gasteiger partial charge in [-0.25, -0.2) is 4.39 Å². The number of Topliss-reactive ketones (excluding diaryl/α,β-unsaturated/α-hetero) is 1. The molecule has 0 atom stereocenters. The Hall–Kier alpha value is -1.39. The van der Waals surface area contributed by atoms with Crippen molar-refractivity contribution < 1.29 is 22.4 Å². The lowest BCUT2D eigenvalue weighted by atomic mass is 10.0. The molecule has 0 unspecified atom stereocenters. The molecule has 106 valence electrons. The fourth-order valence-electron chi connectivity index (χ4n) is 1.81. The van der Waals surface area contributed by atoms with E-state index in [0.29, 0.717) is 12.5 Å². The predicted octanol–water partition coefficient (Wildman–Crippen LogP) is 5.00. The maximum atomic E-state index is 13.7. The highest BCUT2D eigenvalue weighted by atomic mass is 19.4. The van der Waals surface area contributed by atoms with Crippen LogP contribution in [0, 0.1) is 5.82 Å². The van der Waals surface area contributed by atoms with E-state index in [1.807, 2.05) is 6.92 Å². The molecular weight excluding hydrogens is 260 g/mol. The van der Waals surface area contributed by atoms with Crippen LogP contribution in [-0.2, 0) is 6.18 Å². The molecule has 0 aliphatic carbocycles. The van der Waals surface area contributed by atoms with Gasteiger partial charge in [0.2, 0.25) is 0 Å². The number of carbonyl (C=O) groups is 1. The molecule has 1 rings (SSSR count). The maximum absolute atomic E-state index is 13.7. The predicted molar refractivity (Wildman–Crippen MR) is 64.5 cm³/mol. The van der Waals surface area contributed by atoms with Crippen molar-refractivity contribution in [1.29, 1.82) is 0 Å². The number of hydrogen-bond donors (Lipinski definition) is 0. The number of benzene rings is 1. The lowest BCUT2D eigenvalue weighted by Crippen LogP contribution is -2.12. The fraction of sp³-hybridized carbons (Fsp3) is 0.500. The third-order valence-corrected chi connectivity index (χ3v) is 2.86. The first-order valence-corrected chi connectivity index (χ1v) is 6.26. The minimum Gasteiger partial charge on any atom is -0.294 e. The number of halogens is 4. The van der Waals surface area contributed by atoms with Crippen LogP contribution < -0.4 is 0 Å². The number of alkyl halides is 3. The van der Waals surface area contributed by atoms with Crippen LogP contribution in [0.15, 0.2) is 18.2 Å². The largest absolute Gasteiger partial charge is 0.419 e. The summed E-state index contributed by atoms with van der Waals surface area (Å²) in [5, 5.41) is 0. The van der Waals surface area contributed by atoms with Gasteiger partial charge in [0.25, 0.3) is 0 Å². The summed E-state index contributed by atoms with van der Waals surface area (Å²) in [7, 11) is 0. The summed E-state index contributed by atoms with van der Waals surface area (Å²) < 4.78 is 51.1. The average Bonchev–Trinajstić information content (AvgIpc) is 2.33. The third-order valence-electron chi connectivity index (χ3n) is 2.86. The van der Waals surface area contributed by atoms with Crippen LogP contribution >= 0.6 is 0 Å². The molecule has 19 heavy (non-hydrogen) atoms. The lowest BCUT2D eigenvalue weighted by molar-refractivity contribution is -0.140. The molecule has 0 saturated carbocycles. The van der Waals surface area contributed by atoms with E-state index in [4.69, 9.17) is 0 Å². The highest BCUT2D eigenvalue weighted by Gasteiger charge is 2.35. The normalized spacial score (nSPS) is 11.6. The third kappa shape index (κ3) is 4.33. The molecule has 0 amide bonds. The monoisotopic (exact) mass is 276 g/mol. The van der Waals surface area contributed by atoms with Crippen molar-refractivity contribution in [1.82, 2.24) is 0 Å². The second-order valence-electron chi connectivity index (χ2n) is 4.40. The summed E-state index contributed by atoms with van der Waals surface area (Å²) in [5.41, 5.74) is -1.85. The van der Waals surface area contributed by atoms with Crippen LogP contribution in [0.1, 0.15) is 54.9 Å². The van der Waals surface area contributed by atoms with Crippen molar-refractivity contribution in [2.24, 2.45) is 0 Å². The smallest absolute Gasteiger partial charge is 0.294 e. The molecule has 1 nitrogen and oxygen atoms in total. The minimum absolute atomic E-state index is 0.0816. The van der Waals surface area contributed by atoms with Gasteiger partial charge in [-0.1, -0.05) is 32.3 Å². The zero-order chi connectivity index (χ0) is 14.5. The molecule has 0 aliphatic rings. The first kappa shape index (κ1) is 15.7. The van der Waals surface area contributed by atoms with E-state index in [0.717, 1.165) is 31.4 Å². The van der Waals surface area contributed by atoms with Crippen molar-refractivity contribution in [2.75, 3.05) is 0 Å². The summed E-state index contributed by atoms with van der Waals surface area (Å²) in [6.07, 6.45) is -1.35. The van der Waals surface area contributed by atoms with Crippen LogP contribution in [0.25, 0.3) is 0 Å². The van der Waals surface area contributed by atoms with Crippen molar-refractivity contribution >= 4 is 5.78 Å². The quantitative estimate of drug-likeness (QED) is 0.406. The molecule has 0 radical (unpaired) electrons. The fourth-order valence-corrected chi connectivity index (χ4v) is 1.81. The van der Waals surface area contributed by atoms with E-state index in [2.05, 4.69) is 0 Å². The Kier molecular flexibility index (Phi) is 5.51. The van der Waals surface area contributed by atoms with Gasteiger partial charge < -0.3 is 0 Å². The number of ketones is 1. The summed E-state index contributed by atoms with van der Waals surface area (Å²) >= 11 is 0. The van der Waals surface area contributed by atoms with Crippen molar-refractivity contribution in [3.05, 3.63) is 35.1 Å². The molecular formula is C14H16F4O. The molecule has 5 heteroatoms. The number of hydrogen-bond acceptors (Lipinski definition) is 1. The molecule has 0 fully saturated rings. The van der Waals surface area contributed by atoms with Crippen molar-refractivity contribution in [3.63, 3.8) is 0 Å². The van der Waals surface area contributed by atoms with Gasteiger partial charge in [-0.3, -0.25) is 4.79 Å². The van der Waals surface area contributed by atoms with Crippen LogP contribution in [0.4, 0.5) is 17.6 Å². The Balaban J connectivity index is 2.81. The van der Waals surface area contributed by atoms with Crippen LogP contribution in [0.5, 0.6) is 0 Å². The SMILES string of the molecule is CCCCCCC(=O)c1cccc(C(F)(F)F)c1F. The Morgan fingerprint density at radius 1 is 1.16 bits per heavy atom. The average molecular weight is 276 g/mol. The lowest BCUT2D eigenvalue weighted by Gasteiger charge is -2.10. The van der Waals surface area contributed by atoms with Gasteiger partial charge in [-0.15, -0.1) is 0 Å². The number of carbonyl (C=O) groups excluding carboxylic acids is 1. The summed E-state index contributed by atoms with van der Waals surface area (Å²) in [5.74, 6) is -2.03. The van der Waals surface area contributed by atoms with E-state index in [9.17, 15) is 22.4 Å². The van der Waals surface area contributed by atoms with E-state index in [-0.39, 0.29) is 6.42 Å². The minimum atomic E-state index is -4.78. The Bertz CT molecular complexity index is 438. The van der Waals surface area contributed by atoms with E-state index in [1.54, 1.807) is 0 Å². The summed E-state index contributed by atoms with van der Waals surface area (Å²) in [6.45, 7) is 2.01. The number of unbranched alkanes of at least 4 members (excludes halogenated alkanes) is 3. The van der Waals surface area contributed by atoms with Gasteiger partial charge in [0.1, 0.15) is 5.82 Å². The summed E-state index contributed by atoms with van der Waals surface area (Å²) in [6, 6.07) is 2.81. The van der Waals surface area contributed by atoms with Gasteiger partial charge in [0, 0.05) is 6.42 Å². The first-order valence-electron chi connectivity index (χ1n) is 6.26. The molecule has 0 aromatic heterocycles. The summed E-state index contributed by atoms with van der Waals surface area (Å²) in [4.78, 5) is 11.7. The van der Waals surface area contributed by atoms with E-state index in [1.165, 1.54) is 0 Å². The van der Waals surface area contributed by atoms with Crippen molar-refractivity contribution in [2.45, 2.75) is 45.2 Å². The van der Waals surface area contributed by atoms with Crippen LogP contribution in [0.2, 0.25) is 0 Å². The van der Waals surface area contributed by atoms with E-state index >= 15 is 0 Å². The van der Waals surface area contributed by atoms with Crippen molar-refractivity contribution in [3.8, 4) is 0 Å². The first-order chi connectivity index (χ1) is 8.88. The second kappa shape index (κ2) is 6.68. The van der Waals surface area contributed by atoms with Gasteiger partial charge in [0.05, 0.1) is 11.1 Å². The Morgan fingerprint density at radius 3 is 2.42 bits per heavy atom. The zero-order valence-corrected chi connectivity index (χ0v) is 10.7. The molecule has 0 bridgehead atoms. The molecule has 1 aromatic rings. The van der Waals surface area contributed by atoms with Gasteiger partial charge in [0.15, 0.2) is 5.78 Å². The van der Waals surface area contributed by atoms with Gasteiger partial charge in [-0.2, -0.15) is 13.2 Å². The molecule has 1 aromatic carbocycles. The zero-order valence-electron chi connectivity index (χ0n) is 10.7. The highest BCUT2D eigenvalue weighted by molar-refractivity contribution is 5.96. The van der Waals surface area contributed by atoms with Gasteiger partial charge >= 0.3 is 6.18 Å². The molecule has 0 heterocycles. The second-order valence-corrected chi connectivity index (χ2v) is 4.40. The molecule has 0 N–H and O–H groups in total. The molecule has 0 saturated heterocycles. The molecule has 0 spiro atoms. The Labute approximate surface area is 109 Å². The van der Waals surface area contributed by atoms with E-state index < -0.39 is 28.9 Å². The topological polar surface area (TPSA) is 17.1 Å².